The van der Waals surface area contributed by atoms with Crippen molar-refractivity contribution < 1.29 is 14.3 Å². The molecule has 0 aliphatic carbocycles. The molecule has 0 bridgehead atoms. The van der Waals surface area contributed by atoms with Gasteiger partial charge in [-0.05, 0) is 55.2 Å². The second kappa shape index (κ2) is 7.57. The molecule has 2 N–H and O–H groups in total. The van der Waals surface area contributed by atoms with Crippen molar-refractivity contribution in [2.45, 2.75) is 32.5 Å². The number of rotatable bonds is 5. The van der Waals surface area contributed by atoms with Gasteiger partial charge in [0.2, 0.25) is 0 Å². The van der Waals surface area contributed by atoms with Crippen LogP contribution in [0.25, 0.3) is 0 Å². The normalized spacial score (nSPS) is 14.7. The summed E-state index contributed by atoms with van der Waals surface area (Å²) >= 11 is 0. The fourth-order valence-electron chi connectivity index (χ4n) is 3.15. The lowest BCUT2D eigenvalue weighted by Crippen LogP contribution is -2.42. The van der Waals surface area contributed by atoms with Crippen LogP contribution < -0.4 is 15.4 Å². The number of fused-ring (bicyclic) bond motifs is 1. The first-order valence-corrected chi connectivity index (χ1v) is 8.53. The predicted molar refractivity (Wildman–Crippen MR) is 98.8 cm³/mol. The molecule has 1 unspecified atom stereocenters. The first-order chi connectivity index (χ1) is 12.1. The average Bonchev–Trinajstić information content (AvgIpc) is 2.65. The Morgan fingerprint density at radius 2 is 2.08 bits per heavy atom. The Balaban J connectivity index is 1.68. The third kappa shape index (κ3) is 3.77. The summed E-state index contributed by atoms with van der Waals surface area (Å²) in [5.74, 6) is 0.745. The van der Waals surface area contributed by atoms with E-state index in [0.29, 0.717) is 13.2 Å². The number of nitrogen functional groups attached to an aromatic ring is 1. The summed E-state index contributed by atoms with van der Waals surface area (Å²) in [6, 6.07) is 13.4. The largest absolute Gasteiger partial charge is 0.497 e. The van der Waals surface area contributed by atoms with Gasteiger partial charge in [0.05, 0.1) is 13.7 Å². The number of carbonyl (C=O) groups is 1. The van der Waals surface area contributed by atoms with Crippen molar-refractivity contribution in [3.8, 4) is 5.75 Å². The van der Waals surface area contributed by atoms with Crippen molar-refractivity contribution in [1.82, 2.24) is 0 Å². The zero-order chi connectivity index (χ0) is 17.8. The predicted octanol–water partition coefficient (Wildman–Crippen LogP) is 3.16. The van der Waals surface area contributed by atoms with E-state index in [0.717, 1.165) is 41.1 Å². The van der Waals surface area contributed by atoms with Gasteiger partial charge in [-0.15, -0.1) is 0 Å². The number of anilines is 2. The summed E-state index contributed by atoms with van der Waals surface area (Å²) in [6.07, 6.45) is 1.29. The molecule has 132 valence electrons. The third-order valence-corrected chi connectivity index (χ3v) is 4.53. The number of methoxy groups -OCH3 is 1. The summed E-state index contributed by atoms with van der Waals surface area (Å²) < 4.78 is 11.0. The molecule has 1 heterocycles. The van der Waals surface area contributed by atoms with Gasteiger partial charge in [-0.2, -0.15) is 0 Å². The van der Waals surface area contributed by atoms with Crippen molar-refractivity contribution in [3.63, 3.8) is 0 Å². The molecule has 1 aliphatic rings. The minimum Gasteiger partial charge on any atom is -0.497 e. The van der Waals surface area contributed by atoms with Crippen LogP contribution >= 0.6 is 0 Å². The topological polar surface area (TPSA) is 64.8 Å². The van der Waals surface area contributed by atoms with E-state index < -0.39 is 6.10 Å². The summed E-state index contributed by atoms with van der Waals surface area (Å²) in [7, 11) is 1.63. The van der Waals surface area contributed by atoms with Crippen LogP contribution in [0.3, 0.4) is 0 Å². The van der Waals surface area contributed by atoms with Gasteiger partial charge in [-0.1, -0.05) is 18.2 Å². The highest BCUT2D eigenvalue weighted by Gasteiger charge is 2.27. The average molecular weight is 340 g/mol. The van der Waals surface area contributed by atoms with Crippen molar-refractivity contribution in [3.05, 3.63) is 53.6 Å². The third-order valence-electron chi connectivity index (χ3n) is 4.53. The van der Waals surface area contributed by atoms with Crippen molar-refractivity contribution in [1.29, 1.82) is 0 Å². The summed E-state index contributed by atoms with van der Waals surface area (Å²) in [4.78, 5) is 14.6. The first-order valence-electron chi connectivity index (χ1n) is 8.53. The van der Waals surface area contributed by atoms with Gasteiger partial charge in [-0.3, -0.25) is 4.79 Å². The Hall–Kier alpha value is -2.53. The van der Waals surface area contributed by atoms with E-state index in [1.165, 1.54) is 0 Å². The molecule has 2 aromatic carbocycles. The minimum atomic E-state index is -0.529. The Morgan fingerprint density at radius 1 is 1.28 bits per heavy atom. The second-order valence-corrected chi connectivity index (χ2v) is 6.24. The highest BCUT2D eigenvalue weighted by molar-refractivity contribution is 5.98. The molecule has 0 spiro atoms. The molecule has 0 aromatic heterocycles. The standard InChI is InChI=1S/C20H24N2O3/c1-14(25-13-15-6-3-7-16(12-15)24-2)20(23)22-11-5-8-17-18(21)9-4-10-19(17)22/h3-4,6-7,9-10,12,14H,5,8,11,13,21H2,1-2H3. The fraction of sp³-hybridized carbons (Fsp3) is 0.350. The molecule has 25 heavy (non-hydrogen) atoms. The molecule has 0 radical (unpaired) electrons. The number of nitrogens with two attached hydrogens (primary N) is 1. The smallest absolute Gasteiger partial charge is 0.255 e. The van der Waals surface area contributed by atoms with Gasteiger partial charge in [0, 0.05) is 17.9 Å². The van der Waals surface area contributed by atoms with E-state index in [-0.39, 0.29) is 5.91 Å². The van der Waals surface area contributed by atoms with Crippen LogP contribution in [0.4, 0.5) is 11.4 Å². The molecular weight excluding hydrogens is 316 g/mol. The summed E-state index contributed by atoms with van der Waals surface area (Å²) in [5.41, 5.74) is 9.75. The van der Waals surface area contributed by atoms with Crippen molar-refractivity contribution in [2.24, 2.45) is 0 Å². The van der Waals surface area contributed by atoms with E-state index in [9.17, 15) is 4.79 Å². The number of amides is 1. The van der Waals surface area contributed by atoms with Crippen LogP contribution in [0, 0.1) is 0 Å². The monoisotopic (exact) mass is 340 g/mol. The Morgan fingerprint density at radius 3 is 2.88 bits per heavy atom. The number of carbonyl (C=O) groups excluding carboxylic acids is 1. The Kier molecular flexibility index (Phi) is 5.24. The molecule has 1 aliphatic heterocycles. The number of hydrogen-bond acceptors (Lipinski definition) is 4. The summed E-state index contributed by atoms with van der Waals surface area (Å²) in [6.45, 7) is 2.85. The molecule has 2 aromatic rings. The van der Waals surface area contributed by atoms with Gasteiger partial charge in [0.1, 0.15) is 11.9 Å². The number of benzene rings is 2. The highest BCUT2D eigenvalue weighted by atomic mass is 16.5. The van der Waals surface area contributed by atoms with Gasteiger partial charge >= 0.3 is 0 Å². The highest BCUT2D eigenvalue weighted by Crippen LogP contribution is 2.31. The maximum atomic E-state index is 12.9. The lowest BCUT2D eigenvalue weighted by Gasteiger charge is -2.32. The first kappa shape index (κ1) is 17.3. The van der Waals surface area contributed by atoms with Crippen LogP contribution in [0.2, 0.25) is 0 Å². The molecule has 0 fully saturated rings. The van der Waals surface area contributed by atoms with E-state index in [2.05, 4.69) is 0 Å². The molecule has 1 amide bonds. The zero-order valence-corrected chi connectivity index (χ0v) is 14.7. The molecular formula is C20H24N2O3. The van der Waals surface area contributed by atoms with E-state index in [4.69, 9.17) is 15.2 Å². The van der Waals surface area contributed by atoms with Gasteiger partial charge < -0.3 is 20.1 Å². The lowest BCUT2D eigenvalue weighted by atomic mass is 9.99. The fourth-order valence-corrected chi connectivity index (χ4v) is 3.15. The van der Waals surface area contributed by atoms with Gasteiger partial charge in [0.25, 0.3) is 5.91 Å². The van der Waals surface area contributed by atoms with Gasteiger partial charge in [-0.25, -0.2) is 0 Å². The Bertz CT molecular complexity index is 760. The summed E-state index contributed by atoms with van der Waals surface area (Å²) in [5, 5.41) is 0. The molecule has 5 heteroatoms. The van der Waals surface area contributed by atoms with E-state index >= 15 is 0 Å². The number of nitrogens with zero attached hydrogens (tertiary/aromatic N) is 1. The van der Waals surface area contributed by atoms with Gasteiger partial charge in [0.15, 0.2) is 0 Å². The van der Waals surface area contributed by atoms with Crippen LogP contribution in [-0.4, -0.2) is 25.7 Å². The molecule has 0 saturated heterocycles. The number of hydrogen-bond donors (Lipinski definition) is 1. The molecule has 3 rings (SSSR count). The molecule has 0 saturated carbocycles. The van der Waals surface area contributed by atoms with Crippen LogP contribution in [0.15, 0.2) is 42.5 Å². The zero-order valence-electron chi connectivity index (χ0n) is 14.7. The Labute approximate surface area is 148 Å². The van der Waals surface area contributed by atoms with Crippen LogP contribution in [-0.2, 0) is 22.6 Å². The number of ether oxygens (including phenoxy) is 2. The molecule has 5 nitrogen and oxygen atoms in total. The van der Waals surface area contributed by atoms with Crippen LogP contribution in [0.1, 0.15) is 24.5 Å². The molecule has 1 atom stereocenters. The second-order valence-electron chi connectivity index (χ2n) is 6.24. The van der Waals surface area contributed by atoms with E-state index in [1.54, 1.807) is 18.9 Å². The van der Waals surface area contributed by atoms with Crippen molar-refractivity contribution >= 4 is 17.3 Å². The van der Waals surface area contributed by atoms with Crippen LogP contribution in [0.5, 0.6) is 5.75 Å². The SMILES string of the molecule is COc1cccc(COC(C)C(=O)N2CCCc3c(N)cccc32)c1. The lowest BCUT2D eigenvalue weighted by molar-refractivity contribution is -0.129. The quantitative estimate of drug-likeness (QED) is 0.849. The van der Waals surface area contributed by atoms with E-state index in [1.807, 2.05) is 42.5 Å². The minimum absolute atomic E-state index is 0.0329. The van der Waals surface area contributed by atoms with Crippen molar-refractivity contribution in [2.75, 3.05) is 24.3 Å². The maximum Gasteiger partial charge on any atom is 0.255 e. The maximum absolute atomic E-state index is 12.9.